The van der Waals surface area contributed by atoms with Crippen LogP contribution in [-0.4, -0.2) is 15.9 Å². The Morgan fingerprint density at radius 1 is 1.55 bits per heavy atom. The topological polar surface area (TPSA) is 85.9 Å². The first-order valence-electron chi connectivity index (χ1n) is 6.78. The van der Waals surface area contributed by atoms with Crippen molar-refractivity contribution in [1.82, 2.24) is 9.97 Å². The van der Waals surface area contributed by atoms with Gasteiger partial charge in [0, 0.05) is 17.3 Å². The van der Waals surface area contributed by atoms with Gasteiger partial charge in [0.25, 0.3) is 5.56 Å². The lowest BCUT2D eigenvalue weighted by Gasteiger charge is -2.17. The summed E-state index contributed by atoms with van der Waals surface area (Å²) in [6.07, 6.45) is 3.11. The molecule has 0 radical (unpaired) electrons. The van der Waals surface area contributed by atoms with Gasteiger partial charge in [0.05, 0.1) is 5.39 Å². The zero-order valence-corrected chi connectivity index (χ0v) is 12.0. The van der Waals surface area contributed by atoms with Crippen LogP contribution >= 0.6 is 11.3 Å². The summed E-state index contributed by atoms with van der Waals surface area (Å²) in [5.74, 6) is -0.0578. The third-order valence-corrected chi connectivity index (χ3v) is 4.93. The van der Waals surface area contributed by atoms with Crippen molar-refractivity contribution in [3.05, 3.63) is 26.6 Å². The van der Waals surface area contributed by atoms with Gasteiger partial charge in [-0.3, -0.25) is 4.79 Å². The van der Waals surface area contributed by atoms with E-state index in [1.165, 1.54) is 4.88 Å². The number of rotatable bonds is 3. The zero-order valence-electron chi connectivity index (χ0n) is 11.2. The molecular weight excluding hydrogens is 276 g/mol. The number of carboxylic acids is 1. The number of hydrogen-bond donors (Lipinski definition) is 1. The molecule has 1 N–H and O–H groups in total. The average Bonchev–Trinajstić information content (AvgIpc) is 2.73. The average molecular weight is 291 g/mol. The van der Waals surface area contributed by atoms with Crippen molar-refractivity contribution in [1.29, 1.82) is 0 Å². The summed E-state index contributed by atoms with van der Waals surface area (Å²) < 4.78 is 0. The van der Waals surface area contributed by atoms with Gasteiger partial charge in [-0.15, -0.1) is 11.3 Å². The van der Waals surface area contributed by atoms with Crippen LogP contribution in [0.1, 0.15) is 36.0 Å². The molecule has 0 aromatic carbocycles. The fourth-order valence-corrected chi connectivity index (χ4v) is 4.13. The number of carbonyl (C=O) groups excluding carboxylic acids is 1. The lowest BCUT2D eigenvalue weighted by molar-refractivity contribution is -0.305. The predicted octanol–water partition coefficient (Wildman–Crippen LogP) is 0.792. The van der Waals surface area contributed by atoms with Crippen LogP contribution in [-0.2, 0) is 24.1 Å². The number of fused-ring (bicyclic) bond motifs is 3. The van der Waals surface area contributed by atoms with Crippen LogP contribution in [0.4, 0.5) is 0 Å². The summed E-state index contributed by atoms with van der Waals surface area (Å²) in [5, 5.41) is 11.2. The second-order valence-corrected chi connectivity index (χ2v) is 6.50. The second kappa shape index (κ2) is 5.01. The molecule has 2 aromatic rings. The smallest absolute Gasteiger partial charge is 0.259 e. The maximum atomic E-state index is 12.2. The van der Waals surface area contributed by atoms with E-state index in [9.17, 15) is 14.7 Å². The van der Waals surface area contributed by atoms with E-state index in [0.29, 0.717) is 17.1 Å². The number of nitrogens with one attached hydrogen (secondary N) is 1. The maximum absolute atomic E-state index is 12.2. The Morgan fingerprint density at radius 3 is 3.10 bits per heavy atom. The molecule has 0 saturated heterocycles. The number of thiophene rings is 1. The standard InChI is InChI=1S/C14H16N2O3S/c1-7-2-3-8-9(6-7)20-14-12(8)13(19)15-10(16-14)4-5-11(17)18/h7H,2-6H2,1H3,(H,17,18)(H,15,16,19)/p-1/t7-/m1/s1. The molecule has 0 bridgehead atoms. The molecule has 0 spiro atoms. The number of aromatic amines is 1. The van der Waals surface area contributed by atoms with Crippen molar-refractivity contribution in [3.8, 4) is 0 Å². The molecule has 2 aromatic heterocycles. The first-order valence-corrected chi connectivity index (χ1v) is 7.59. The van der Waals surface area contributed by atoms with E-state index in [-0.39, 0.29) is 18.4 Å². The number of aryl methyl sites for hydroxylation is 2. The first-order chi connectivity index (χ1) is 9.54. The van der Waals surface area contributed by atoms with Crippen LogP contribution in [0.25, 0.3) is 10.2 Å². The van der Waals surface area contributed by atoms with Gasteiger partial charge in [0.1, 0.15) is 10.7 Å². The van der Waals surface area contributed by atoms with Crippen LogP contribution < -0.4 is 10.7 Å². The molecule has 0 saturated carbocycles. The SMILES string of the molecule is C[C@@H]1CCc2c(sc3nc(CCC(=O)[O-])[nH]c(=O)c23)C1. The Hall–Kier alpha value is -1.69. The molecule has 5 nitrogen and oxygen atoms in total. The summed E-state index contributed by atoms with van der Waals surface area (Å²) in [7, 11) is 0. The second-order valence-electron chi connectivity index (χ2n) is 5.42. The van der Waals surface area contributed by atoms with E-state index in [4.69, 9.17) is 0 Å². The van der Waals surface area contributed by atoms with E-state index < -0.39 is 5.97 Å². The van der Waals surface area contributed by atoms with Gasteiger partial charge in [0.15, 0.2) is 0 Å². The third kappa shape index (κ3) is 2.35. The monoisotopic (exact) mass is 291 g/mol. The fourth-order valence-electron chi connectivity index (χ4n) is 2.73. The van der Waals surface area contributed by atoms with Gasteiger partial charge in [-0.25, -0.2) is 4.98 Å². The molecule has 3 rings (SSSR count). The van der Waals surface area contributed by atoms with Crippen LogP contribution in [0.3, 0.4) is 0 Å². The molecule has 20 heavy (non-hydrogen) atoms. The fraction of sp³-hybridized carbons (Fsp3) is 0.500. The highest BCUT2D eigenvalue weighted by Crippen LogP contribution is 2.35. The van der Waals surface area contributed by atoms with Crippen LogP contribution in [0.5, 0.6) is 0 Å². The summed E-state index contributed by atoms with van der Waals surface area (Å²) in [4.78, 5) is 31.8. The van der Waals surface area contributed by atoms with Crippen LogP contribution in [0.2, 0.25) is 0 Å². The van der Waals surface area contributed by atoms with Gasteiger partial charge in [-0.1, -0.05) is 6.92 Å². The minimum atomic E-state index is -1.13. The molecule has 0 aliphatic heterocycles. The molecule has 2 heterocycles. The van der Waals surface area contributed by atoms with Crippen molar-refractivity contribution in [2.24, 2.45) is 5.92 Å². The Morgan fingerprint density at radius 2 is 2.35 bits per heavy atom. The number of aliphatic carboxylic acids is 1. The number of carboxylic acid groups (broad SMARTS) is 1. The molecule has 1 aliphatic rings. The van der Waals surface area contributed by atoms with Gasteiger partial charge in [-0.2, -0.15) is 0 Å². The number of aromatic nitrogens is 2. The Kier molecular flexibility index (Phi) is 3.33. The van der Waals surface area contributed by atoms with Crippen LogP contribution in [0, 0.1) is 5.92 Å². The lowest BCUT2D eigenvalue weighted by atomic mass is 9.89. The number of H-pyrrole nitrogens is 1. The number of hydrogen-bond acceptors (Lipinski definition) is 5. The van der Waals surface area contributed by atoms with Crippen molar-refractivity contribution in [3.63, 3.8) is 0 Å². The molecule has 6 heteroatoms. The molecule has 1 atom stereocenters. The minimum Gasteiger partial charge on any atom is -0.550 e. The first kappa shape index (κ1) is 13.3. The molecular formula is C14H15N2O3S-. The highest BCUT2D eigenvalue weighted by atomic mass is 32.1. The van der Waals surface area contributed by atoms with Crippen molar-refractivity contribution >= 4 is 27.5 Å². The van der Waals surface area contributed by atoms with Gasteiger partial charge in [0.2, 0.25) is 0 Å². The highest BCUT2D eigenvalue weighted by molar-refractivity contribution is 7.18. The van der Waals surface area contributed by atoms with Gasteiger partial charge in [-0.05, 0) is 37.2 Å². The van der Waals surface area contributed by atoms with E-state index in [1.807, 2.05) is 0 Å². The normalized spacial score (nSPS) is 18.1. The van der Waals surface area contributed by atoms with E-state index in [1.54, 1.807) is 11.3 Å². The zero-order chi connectivity index (χ0) is 14.3. The quantitative estimate of drug-likeness (QED) is 0.906. The van der Waals surface area contributed by atoms with Crippen molar-refractivity contribution < 1.29 is 9.90 Å². The molecule has 106 valence electrons. The van der Waals surface area contributed by atoms with Gasteiger partial charge >= 0.3 is 0 Å². The van der Waals surface area contributed by atoms with Gasteiger partial charge < -0.3 is 14.9 Å². The summed E-state index contributed by atoms with van der Waals surface area (Å²) >= 11 is 1.57. The van der Waals surface area contributed by atoms with Crippen molar-refractivity contribution in [2.75, 3.05) is 0 Å². The summed E-state index contributed by atoms with van der Waals surface area (Å²) in [6, 6.07) is 0. The summed E-state index contributed by atoms with van der Waals surface area (Å²) in [6.45, 7) is 2.22. The molecule has 0 unspecified atom stereocenters. The lowest BCUT2D eigenvalue weighted by Crippen LogP contribution is -2.23. The van der Waals surface area contributed by atoms with E-state index >= 15 is 0 Å². The minimum absolute atomic E-state index is 0.128. The van der Waals surface area contributed by atoms with E-state index in [2.05, 4.69) is 16.9 Å². The largest absolute Gasteiger partial charge is 0.550 e. The number of carbonyl (C=O) groups is 1. The third-order valence-electron chi connectivity index (χ3n) is 3.78. The van der Waals surface area contributed by atoms with Crippen molar-refractivity contribution in [2.45, 2.75) is 39.0 Å². The maximum Gasteiger partial charge on any atom is 0.259 e. The summed E-state index contributed by atoms with van der Waals surface area (Å²) in [5.41, 5.74) is 0.999. The Labute approximate surface area is 119 Å². The van der Waals surface area contributed by atoms with E-state index in [0.717, 1.165) is 29.7 Å². The highest BCUT2D eigenvalue weighted by Gasteiger charge is 2.22. The predicted molar refractivity (Wildman–Crippen MR) is 74.8 cm³/mol. The molecule has 0 fully saturated rings. The molecule has 0 amide bonds. The molecule has 1 aliphatic carbocycles. The van der Waals surface area contributed by atoms with Crippen LogP contribution in [0.15, 0.2) is 4.79 Å². The Balaban J connectivity index is 2.05. The number of nitrogens with zero attached hydrogens (tertiary/aromatic N) is 1. The Bertz CT molecular complexity index is 732.